The second-order valence-electron chi connectivity index (χ2n) is 5.20. The molecule has 0 saturated carbocycles. The van der Waals surface area contributed by atoms with Gasteiger partial charge in [0.15, 0.2) is 11.5 Å². The highest BCUT2D eigenvalue weighted by Gasteiger charge is 2.18. The number of carbonyl (C=O) groups is 1. The Kier molecular flexibility index (Phi) is 6.09. The van der Waals surface area contributed by atoms with E-state index in [0.29, 0.717) is 47.7 Å². The van der Waals surface area contributed by atoms with Gasteiger partial charge < -0.3 is 14.8 Å². The zero-order chi connectivity index (χ0) is 17.7. The molecule has 0 saturated heterocycles. The quantitative estimate of drug-likeness (QED) is 0.832. The van der Waals surface area contributed by atoms with Crippen molar-refractivity contribution in [3.05, 3.63) is 40.2 Å². The Morgan fingerprint density at radius 3 is 2.50 bits per heavy atom. The van der Waals surface area contributed by atoms with Gasteiger partial charge in [0.05, 0.1) is 23.9 Å². The topological polar surface area (TPSA) is 65.4 Å². The predicted molar refractivity (Wildman–Crippen MR) is 92.9 cm³/mol. The third kappa shape index (κ3) is 4.00. The fourth-order valence-corrected chi connectivity index (χ4v) is 2.60. The predicted octanol–water partition coefficient (Wildman–Crippen LogP) is 3.11. The molecule has 0 spiro atoms. The van der Waals surface area contributed by atoms with Gasteiger partial charge in [0.25, 0.3) is 5.91 Å². The van der Waals surface area contributed by atoms with Crippen LogP contribution in [-0.4, -0.2) is 28.9 Å². The summed E-state index contributed by atoms with van der Waals surface area (Å²) in [4.78, 5) is 12.3. The summed E-state index contributed by atoms with van der Waals surface area (Å²) in [5, 5.41) is 7.37. The molecule has 0 fully saturated rings. The van der Waals surface area contributed by atoms with Crippen molar-refractivity contribution in [2.45, 2.75) is 27.3 Å². The van der Waals surface area contributed by atoms with Crippen molar-refractivity contribution in [1.82, 2.24) is 15.1 Å². The van der Waals surface area contributed by atoms with Gasteiger partial charge >= 0.3 is 0 Å². The Balaban J connectivity index is 2.11. The van der Waals surface area contributed by atoms with Gasteiger partial charge in [0.1, 0.15) is 5.69 Å². The van der Waals surface area contributed by atoms with Crippen LogP contribution in [0.1, 0.15) is 35.6 Å². The highest BCUT2D eigenvalue weighted by molar-refractivity contribution is 6.34. The largest absolute Gasteiger partial charge is 0.490 e. The molecule has 2 aromatic rings. The molecule has 0 aliphatic carbocycles. The van der Waals surface area contributed by atoms with Gasteiger partial charge in [-0.2, -0.15) is 5.10 Å². The number of amides is 1. The van der Waals surface area contributed by atoms with E-state index in [-0.39, 0.29) is 5.91 Å². The highest BCUT2D eigenvalue weighted by atomic mass is 35.5. The van der Waals surface area contributed by atoms with Crippen LogP contribution >= 0.6 is 11.6 Å². The smallest absolute Gasteiger partial charge is 0.271 e. The van der Waals surface area contributed by atoms with Crippen LogP contribution in [0.2, 0.25) is 5.02 Å². The van der Waals surface area contributed by atoms with E-state index in [9.17, 15) is 4.79 Å². The summed E-state index contributed by atoms with van der Waals surface area (Å²) in [6.07, 6.45) is 0. The molecule has 6 nitrogen and oxygen atoms in total. The molecule has 0 aliphatic rings. The van der Waals surface area contributed by atoms with E-state index in [0.717, 1.165) is 5.56 Å². The zero-order valence-electron chi connectivity index (χ0n) is 14.4. The van der Waals surface area contributed by atoms with Gasteiger partial charge in [-0.05, 0) is 38.5 Å². The van der Waals surface area contributed by atoms with Crippen molar-refractivity contribution in [2.75, 3.05) is 13.2 Å². The van der Waals surface area contributed by atoms with Gasteiger partial charge in [-0.25, -0.2) is 0 Å². The highest BCUT2D eigenvalue weighted by Crippen LogP contribution is 2.28. The summed E-state index contributed by atoms with van der Waals surface area (Å²) in [6.45, 7) is 7.06. The fourth-order valence-electron chi connectivity index (χ4n) is 2.35. The van der Waals surface area contributed by atoms with Crippen molar-refractivity contribution >= 4 is 17.5 Å². The maximum absolute atomic E-state index is 12.3. The number of halogens is 1. The summed E-state index contributed by atoms with van der Waals surface area (Å²) >= 11 is 6.13. The summed E-state index contributed by atoms with van der Waals surface area (Å²) < 4.78 is 12.6. The number of aromatic nitrogens is 2. The number of benzene rings is 1. The van der Waals surface area contributed by atoms with Crippen LogP contribution in [0, 0.1) is 6.92 Å². The number of nitrogens with one attached hydrogen (secondary N) is 1. The molecular weight excluding hydrogens is 330 g/mol. The van der Waals surface area contributed by atoms with Crippen LogP contribution in [0.5, 0.6) is 11.5 Å². The molecule has 0 aliphatic heterocycles. The van der Waals surface area contributed by atoms with E-state index in [1.807, 2.05) is 32.0 Å². The molecule has 130 valence electrons. The minimum Gasteiger partial charge on any atom is -0.490 e. The lowest BCUT2D eigenvalue weighted by molar-refractivity contribution is 0.0941. The minimum atomic E-state index is -0.269. The molecule has 0 radical (unpaired) electrons. The van der Waals surface area contributed by atoms with Gasteiger partial charge in [0, 0.05) is 13.6 Å². The molecule has 2 rings (SSSR count). The van der Waals surface area contributed by atoms with Gasteiger partial charge in [-0.15, -0.1) is 0 Å². The molecular formula is C17H22ClN3O3. The van der Waals surface area contributed by atoms with Crippen LogP contribution in [0.4, 0.5) is 0 Å². The van der Waals surface area contributed by atoms with Crippen LogP contribution in [0.3, 0.4) is 0 Å². The first-order chi connectivity index (χ1) is 11.5. The minimum absolute atomic E-state index is 0.269. The maximum Gasteiger partial charge on any atom is 0.271 e. The van der Waals surface area contributed by atoms with E-state index in [2.05, 4.69) is 10.4 Å². The first-order valence-corrected chi connectivity index (χ1v) is 8.21. The van der Waals surface area contributed by atoms with Crippen molar-refractivity contribution in [1.29, 1.82) is 0 Å². The molecule has 7 heteroatoms. The van der Waals surface area contributed by atoms with E-state index in [1.165, 1.54) is 4.68 Å². The van der Waals surface area contributed by atoms with Gasteiger partial charge in [-0.3, -0.25) is 9.48 Å². The van der Waals surface area contributed by atoms with E-state index in [4.69, 9.17) is 21.1 Å². The Morgan fingerprint density at radius 2 is 1.92 bits per heavy atom. The second-order valence-corrected chi connectivity index (χ2v) is 5.58. The number of hydrogen-bond donors (Lipinski definition) is 1. The molecule has 0 unspecified atom stereocenters. The van der Waals surface area contributed by atoms with E-state index in [1.54, 1.807) is 14.0 Å². The summed E-state index contributed by atoms with van der Waals surface area (Å²) in [5.74, 6) is 1.09. The standard InChI is InChI=1S/C17H22ClN3O3/c1-5-23-13-8-7-12(9-14(13)24-6-2)10-19-17(22)16-15(18)11(3)20-21(16)4/h7-9H,5-6,10H2,1-4H3,(H,19,22). The Bertz CT molecular complexity index is 728. The van der Waals surface area contributed by atoms with Crippen molar-refractivity contribution < 1.29 is 14.3 Å². The van der Waals surface area contributed by atoms with E-state index < -0.39 is 0 Å². The molecule has 1 aromatic heterocycles. The Hall–Kier alpha value is -2.21. The van der Waals surface area contributed by atoms with Gasteiger partial charge in [0.2, 0.25) is 0 Å². The SMILES string of the molecule is CCOc1ccc(CNC(=O)c2c(Cl)c(C)nn2C)cc1OCC. The van der Waals surface area contributed by atoms with E-state index >= 15 is 0 Å². The van der Waals surface area contributed by atoms with Crippen LogP contribution in [-0.2, 0) is 13.6 Å². The zero-order valence-corrected chi connectivity index (χ0v) is 15.1. The van der Waals surface area contributed by atoms with Crippen LogP contribution in [0.15, 0.2) is 18.2 Å². The lowest BCUT2D eigenvalue weighted by Gasteiger charge is -2.13. The summed E-state index contributed by atoms with van der Waals surface area (Å²) in [6, 6.07) is 5.60. The van der Waals surface area contributed by atoms with Crippen LogP contribution in [0.25, 0.3) is 0 Å². The monoisotopic (exact) mass is 351 g/mol. The first-order valence-electron chi connectivity index (χ1n) is 7.83. The first kappa shape index (κ1) is 18.1. The molecule has 1 amide bonds. The summed E-state index contributed by atoms with van der Waals surface area (Å²) in [5.41, 5.74) is 1.89. The third-order valence-corrected chi connectivity index (χ3v) is 3.88. The molecule has 24 heavy (non-hydrogen) atoms. The number of nitrogens with zero attached hydrogens (tertiary/aromatic N) is 2. The normalized spacial score (nSPS) is 10.5. The Labute approximate surface area is 146 Å². The maximum atomic E-state index is 12.3. The lowest BCUT2D eigenvalue weighted by atomic mass is 10.2. The number of rotatable bonds is 7. The second kappa shape index (κ2) is 8.06. The van der Waals surface area contributed by atoms with Crippen molar-refractivity contribution in [3.63, 3.8) is 0 Å². The number of hydrogen-bond acceptors (Lipinski definition) is 4. The molecule has 0 bridgehead atoms. The Morgan fingerprint density at radius 1 is 1.25 bits per heavy atom. The van der Waals surface area contributed by atoms with Crippen LogP contribution < -0.4 is 14.8 Å². The van der Waals surface area contributed by atoms with Gasteiger partial charge in [-0.1, -0.05) is 17.7 Å². The third-order valence-electron chi connectivity index (χ3n) is 3.43. The molecule has 1 aromatic carbocycles. The van der Waals surface area contributed by atoms with Crippen molar-refractivity contribution in [3.8, 4) is 11.5 Å². The molecule has 0 atom stereocenters. The number of ether oxygens (including phenoxy) is 2. The summed E-state index contributed by atoms with van der Waals surface area (Å²) in [7, 11) is 1.69. The average molecular weight is 352 g/mol. The molecule has 1 N–H and O–H groups in total. The van der Waals surface area contributed by atoms with Crippen molar-refractivity contribution in [2.24, 2.45) is 7.05 Å². The lowest BCUT2D eigenvalue weighted by Crippen LogP contribution is -2.25. The fraction of sp³-hybridized carbons (Fsp3) is 0.412. The average Bonchev–Trinajstić information content (AvgIpc) is 2.80. The molecule has 1 heterocycles. The number of carbonyl (C=O) groups excluding carboxylic acids is 1. The number of aryl methyl sites for hydroxylation is 2.